The molecule has 37 heavy (non-hydrogen) atoms. The van der Waals surface area contributed by atoms with E-state index in [-0.39, 0.29) is 0 Å². The van der Waals surface area contributed by atoms with Gasteiger partial charge in [0.2, 0.25) is 5.89 Å². The van der Waals surface area contributed by atoms with Crippen molar-refractivity contribution in [3.05, 3.63) is 83.1 Å². The Morgan fingerprint density at radius 2 is 1.95 bits per heavy atom. The predicted molar refractivity (Wildman–Crippen MR) is 148 cm³/mol. The van der Waals surface area contributed by atoms with Gasteiger partial charge in [-0.1, -0.05) is 38.1 Å². The number of thiophene rings is 1. The van der Waals surface area contributed by atoms with Crippen LogP contribution in [0.3, 0.4) is 0 Å². The normalized spacial score (nSPS) is 12.2. The molecule has 1 atom stereocenters. The smallest absolute Gasteiger partial charge is 0.333 e. The second-order valence-electron chi connectivity index (χ2n) is 9.26. The molecule has 2 aromatic heterocycles. The molecule has 0 fully saturated rings. The number of hydrogen-bond donors (Lipinski definition) is 1. The van der Waals surface area contributed by atoms with Crippen molar-refractivity contribution in [3.63, 3.8) is 0 Å². The molecule has 6 nitrogen and oxygen atoms in total. The first-order valence-electron chi connectivity index (χ1n) is 12.5. The first-order valence-corrected chi connectivity index (χ1v) is 13.4. The molecule has 1 N–H and O–H groups in total. The minimum atomic E-state index is -0.965. The van der Waals surface area contributed by atoms with Crippen LogP contribution in [0.15, 0.2) is 64.9 Å². The number of aromatic nitrogens is 1. The van der Waals surface area contributed by atoms with Crippen LogP contribution in [-0.2, 0) is 22.4 Å². The third-order valence-electron chi connectivity index (χ3n) is 6.29. The molecule has 0 saturated carbocycles. The van der Waals surface area contributed by atoms with E-state index in [9.17, 15) is 9.90 Å². The Labute approximate surface area is 221 Å². The molecule has 1 unspecified atom stereocenters. The van der Waals surface area contributed by atoms with Crippen molar-refractivity contribution >= 4 is 27.4 Å². The first kappa shape index (κ1) is 26.6. The van der Waals surface area contributed by atoms with Gasteiger partial charge in [-0.3, -0.25) is 0 Å². The number of aryl methyl sites for hydroxylation is 1. The third kappa shape index (κ3) is 6.48. The highest BCUT2D eigenvalue weighted by molar-refractivity contribution is 7.17. The molecule has 0 radical (unpaired) electrons. The zero-order chi connectivity index (χ0) is 26.4. The Morgan fingerprint density at radius 1 is 1.16 bits per heavy atom. The Kier molecular flexibility index (Phi) is 8.79. The molecule has 0 aliphatic rings. The second kappa shape index (κ2) is 12.2. The van der Waals surface area contributed by atoms with E-state index in [1.54, 1.807) is 17.4 Å². The van der Waals surface area contributed by atoms with Gasteiger partial charge in [-0.2, -0.15) is 0 Å². The molecule has 0 amide bonds. The van der Waals surface area contributed by atoms with Crippen molar-refractivity contribution in [2.24, 2.45) is 0 Å². The Balaban J connectivity index is 1.42. The fourth-order valence-corrected chi connectivity index (χ4v) is 5.08. The fraction of sp³-hybridized carbons (Fsp3) is 0.333. The molecule has 0 aliphatic carbocycles. The van der Waals surface area contributed by atoms with E-state index in [1.165, 1.54) is 5.56 Å². The van der Waals surface area contributed by atoms with Crippen LogP contribution in [0.2, 0.25) is 0 Å². The van der Waals surface area contributed by atoms with Crippen molar-refractivity contribution in [2.45, 2.75) is 52.1 Å². The number of nitrogens with zero attached hydrogens (tertiary/aromatic N) is 1. The van der Waals surface area contributed by atoms with Gasteiger partial charge in [0.1, 0.15) is 11.5 Å². The topological polar surface area (TPSA) is 81.8 Å². The summed E-state index contributed by atoms with van der Waals surface area (Å²) in [7, 11) is 0. The average Bonchev–Trinajstić information content (AvgIpc) is 3.52. The molecule has 4 aromatic rings. The summed E-state index contributed by atoms with van der Waals surface area (Å²) in [6.07, 6.45) is 2.34. The number of carboxylic acids is 1. The zero-order valence-electron chi connectivity index (χ0n) is 21.5. The maximum Gasteiger partial charge on any atom is 0.333 e. The van der Waals surface area contributed by atoms with Crippen LogP contribution in [-0.4, -0.2) is 35.4 Å². The minimum Gasteiger partial charge on any atom is -0.493 e. The molecule has 2 heterocycles. The molecule has 194 valence electrons. The third-order valence-corrected chi connectivity index (χ3v) is 7.28. The lowest BCUT2D eigenvalue weighted by Gasteiger charge is -2.15. The minimum absolute atomic E-state index is 0.294. The lowest BCUT2D eigenvalue weighted by atomic mass is 10.0. The molecule has 0 saturated heterocycles. The van der Waals surface area contributed by atoms with Crippen LogP contribution in [0.4, 0.5) is 0 Å². The van der Waals surface area contributed by atoms with Crippen LogP contribution >= 0.6 is 11.3 Å². The number of rotatable bonds is 13. The van der Waals surface area contributed by atoms with Crippen LogP contribution in [0.1, 0.15) is 48.8 Å². The van der Waals surface area contributed by atoms with E-state index in [0.29, 0.717) is 44.3 Å². The molecule has 0 spiro atoms. The lowest BCUT2D eigenvalue weighted by molar-refractivity contribution is -0.150. The summed E-state index contributed by atoms with van der Waals surface area (Å²) >= 11 is 1.57. The summed E-state index contributed by atoms with van der Waals surface area (Å²) in [5.74, 6) is 1.69. The van der Waals surface area contributed by atoms with Gasteiger partial charge in [0, 0.05) is 28.5 Å². The maximum absolute atomic E-state index is 11.7. The lowest BCUT2D eigenvalue weighted by Crippen LogP contribution is -2.26. The summed E-state index contributed by atoms with van der Waals surface area (Å²) < 4.78 is 18.7. The number of carboxylic acid groups (broad SMARTS) is 1. The van der Waals surface area contributed by atoms with E-state index >= 15 is 0 Å². The van der Waals surface area contributed by atoms with Gasteiger partial charge < -0.3 is 19.0 Å². The molecule has 0 bridgehead atoms. The van der Waals surface area contributed by atoms with E-state index in [1.807, 2.05) is 30.5 Å². The molecular weight excluding hydrogens is 486 g/mol. The molecule has 4 rings (SSSR count). The van der Waals surface area contributed by atoms with Gasteiger partial charge in [0.25, 0.3) is 0 Å². The summed E-state index contributed by atoms with van der Waals surface area (Å²) in [5, 5.41) is 12.5. The summed E-state index contributed by atoms with van der Waals surface area (Å²) in [6.45, 7) is 10.7. The average molecular weight is 520 g/mol. The van der Waals surface area contributed by atoms with E-state index in [4.69, 9.17) is 18.9 Å². The van der Waals surface area contributed by atoms with Gasteiger partial charge >= 0.3 is 5.97 Å². The fourth-order valence-electron chi connectivity index (χ4n) is 4.14. The zero-order valence-corrected chi connectivity index (χ0v) is 22.3. The molecule has 2 aromatic carbocycles. The molecule has 7 heteroatoms. The second-order valence-corrected chi connectivity index (χ2v) is 10.2. The van der Waals surface area contributed by atoms with E-state index < -0.39 is 12.1 Å². The van der Waals surface area contributed by atoms with Crippen LogP contribution in [0, 0.1) is 6.92 Å². The summed E-state index contributed by atoms with van der Waals surface area (Å²) in [6, 6.07) is 14.2. The predicted octanol–water partition coefficient (Wildman–Crippen LogP) is 7.20. The highest BCUT2D eigenvalue weighted by Gasteiger charge is 2.21. The van der Waals surface area contributed by atoms with Gasteiger partial charge in [-0.15, -0.1) is 17.9 Å². The van der Waals surface area contributed by atoms with Crippen molar-refractivity contribution in [2.75, 3.05) is 13.2 Å². The molecular formula is C30H33NO5S. The number of carbonyl (C=O) groups is 1. The van der Waals surface area contributed by atoms with Crippen molar-refractivity contribution in [1.82, 2.24) is 4.98 Å². The number of ether oxygens (including phenoxy) is 2. The first-order chi connectivity index (χ1) is 17.9. The Bertz CT molecular complexity index is 1350. The number of fused-ring (bicyclic) bond motifs is 1. The highest BCUT2D eigenvalue weighted by Crippen LogP contribution is 2.34. The van der Waals surface area contributed by atoms with Gasteiger partial charge in [-0.05, 0) is 60.0 Å². The number of benzene rings is 2. The van der Waals surface area contributed by atoms with Gasteiger partial charge in [0.05, 0.1) is 18.9 Å². The Hall–Kier alpha value is -3.42. The van der Waals surface area contributed by atoms with Crippen molar-refractivity contribution in [1.29, 1.82) is 0 Å². The van der Waals surface area contributed by atoms with E-state index in [0.717, 1.165) is 38.4 Å². The number of hydrogen-bond acceptors (Lipinski definition) is 6. The van der Waals surface area contributed by atoms with Crippen molar-refractivity contribution < 1.29 is 23.8 Å². The maximum atomic E-state index is 11.7. The van der Waals surface area contributed by atoms with Gasteiger partial charge in [0.15, 0.2) is 6.10 Å². The SMILES string of the molecule is C=CCCOC(Cc1ccc(OCCc2nc(-c3ccc(C(C)C)cc3)oc2C)c2ccsc12)C(=O)O. The Morgan fingerprint density at radius 3 is 2.65 bits per heavy atom. The van der Waals surface area contributed by atoms with Crippen LogP contribution < -0.4 is 4.74 Å². The van der Waals surface area contributed by atoms with Crippen LogP contribution in [0.25, 0.3) is 21.5 Å². The van der Waals surface area contributed by atoms with E-state index in [2.05, 4.69) is 44.7 Å². The largest absolute Gasteiger partial charge is 0.493 e. The summed E-state index contributed by atoms with van der Waals surface area (Å²) in [4.78, 5) is 16.4. The summed E-state index contributed by atoms with van der Waals surface area (Å²) in [5.41, 5.74) is 4.06. The van der Waals surface area contributed by atoms with Crippen molar-refractivity contribution in [3.8, 4) is 17.2 Å². The molecule has 0 aliphatic heterocycles. The monoisotopic (exact) mass is 519 g/mol. The standard InChI is InChI=1S/C30H33NO5S/c1-5-6-15-34-27(30(32)33)18-23-11-12-26(24-14-17-37-28(23)24)35-16-13-25-20(4)36-29(31-25)22-9-7-21(8-10-22)19(2)3/h5,7-12,14,17,19,27H,1,6,13,15-16,18H2,2-4H3,(H,32,33). The number of aliphatic carboxylic acids is 1. The quantitative estimate of drug-likeness (QED) is 0.149. The highest BCUT2D eigenvalue weighted by atomic mass is 32.1. The van der Waals surface area contributed by atoms with Gasteiger partial charge in [-0.25, -0.2) is 9.78 Å². The number of oxazole rings is 1. The van der Waals surface area contributed by atoms with Crippen LogP contribution in [0.5, 0.6) is 5.75 Å².